The average Bonchev–Trinajstić information content (AvgIpc) is 2.98. The van der Waals surface area contributed by atoms with Crippen LogP contribution in [0.3, 0.4) is 0 Å². The minimum Gasteiger partial charge on any atom is -0.494 e. The largest absolute Gasteiger partial charge is 0.494 e. The van der Waals surface area contributed by atoms with E-state index in [1.807, 2.05) is 30.3 Å². The molecule has 0 amide bonds. The predicted octanol–water partition coefficient (Wildman–Crippen LogP) is 3.02. The Kier molecular flexibility index (Phi) is 5.14. The Labute approximate surface area is 148 Å². The van der Waals surface area contributed by atoms with Crippen molar-refractivity contribution in [1.29, 1.82) is 0 Å². The van der Waals surface area contributed by atoms with Crippen LogP contribution >= 0.6 is 11.3 Å². The number of esters is 1. The molecule has 7 heteroatoms. The van der Waals surface area contributed by atoms with Gasteiger partial charge in [0.15, 0.2) is 0 Å². The van der Waals surface area contributed by atoms with Gasteiger partial charge in [0.05, 0.1) is 25.4 Å². The third kappa shape index (κ3) is 3.56. The summed E-state index contributed by atoms with van der Waals surface area (Å²) in [5.41, 5.74) is 0.479. The highest BCUT2D eigenvalue weighted by Gasteiger charge is 2.19. The van der Waals surface area contributed by atoms with Gasteiger partial charge in [-0.2, -0.15) is 0 Å². The van der Waals surface area contributed by atoms with Crippen LogP contribution in [-0.4, -0.2) is 29.2 Å². The molecular formula is C18H18N2O4S. The molecule has 0 aliphatic carbocycles. The zero-order valence-electron chi connectivity index (χ0n) is 14.0. The van der Waals surface area contributed by atoms with E-state index in [1.165, 1.54) is 24.8 Å². The number of hydrogen-bond donors (Lipinski definition) is 0. The number of nitrogens with zero attached hydrogens (tertiary/aromatic N) is 2. The number of aromatic nitrogens is 2. The fourth-order valence-electron chi connectivity index (χ4n) is 2.55. The molecule has 0 unspecified atom stereocenters. The van der Waals surface area contributed by atoms with Crippen LogP contribution in [0.2, 0.25) is 0 Å². The van der Waals surface area contributed by atoms with E-state index in [2.05, 4.69) is 4.98 Å². The fourth-order valence-corrected chi connectivity index (χ4v) is 3.60. The van der Waals surface area contributed by atoms with Gasteiger partial charge < -0.3 is 9.47 Å². The molecule has 0 aliphatic heterocycles. The van der Waals surface area contributed by atoms with Gasteiger partial charge in [0.2, 0.25) is 0 Å². The molecule has 0 aliphatic rings. The van der Waals surface area contributed by atoms with Gasteiger partial charge >= 0.3 is 5.97 Å². The second kappa shape index (κ2) is 7.48. The fraction of sp³-hybridized carbons (Fsp3) is 0.278. The van der Waals surface area contributed by atoms with Gasteiger partial charge in [0.1, 0.15) is 15.5 Å². The summed E-state index contributed by atoms with van der Waals surface area (Å²) in [6, 6.07) is 9.54. The number of thiophene rings is 1. The van der Waals surface area contributed by atoms with E-state index < -0.39 is 5.97 Å². The lowest BCUT2D eigenvalue weighted by atomic mass is 10.2. The second-order valence-corrected chi connectivity index (χ2v) is 6.49. The minimum absolute atomic E-state index is 0.145. The molecular weight excluding hydrogens is 340 g/mol. The summed E-state index contributed by atoms with van der Waals surface area (Å²) in [5.74, 6) is 0.363. The van der Waals surface area contributed by atoms with Gasteiger partial charge in [-0.15, -0.1) is 11.3 Å². The van der Waals surface area contributed by atoms with Crippen molar-refractivity contribution >= 4 is 27.5 Å². The van der Waals surface area contributed by atoms with Crippen LogP contribution in [0.4, 0.5) is 0 Å². The first-order valence-corrected chi connectivity index (χ1v) is 8.68. The average molecular weight is 358 g/mol. The number of hydrogen-bond acceptors (Lipinski definition) is 6. The molecule has 3 rings (SSSR count). The van der Waals surface area contributed by atoms with E-state index >= 15 is 0 Å². The van der Waals surface area contributed by atoms with Crippen molar-refractivity contribution in [3.05, 3.63) is 57.5 Å². The molecule has 0 radical (unpaired) electrons. The zero-order valence-corrected chi connectivity index (χ0v) is 14.8. The molecule has 6 nitrogen and oxygen atoms in total. The van der Waals surface area contributed by atoms with Crippen molar-refractivity contribution in [1.82, 2.24) is 9.55 Å². The van der Waals surface area contributed by atoms with Gasteiger partial charge in [-0.05, 0) is 31.0 Å². The number of ether oxygens (including phenoxy) is 2. The molecule has 0 saturated carbocycles. The topological polar surface area (TPSA) is 70.4 Å². The monoisotopic (exact) mass is 358 g/mol. The Balaban J connectivity index is 1.74. The second-order valence-electron chi connectivity index (χ2n) is 5.49. The predicted molar refractivity (Wildman–Crippen MR) is 96.5 cm³/mol. The van der Waals surface area contributed by atoms with E-state index in [0.29, 0.717) is 40.2 Å². The zero-order chi connectivity index (χ0) is 17.8. The molecule has 0 bridgehead atoms. The molecule has 25 heavy (non-hydrogen) atoms. The number of methoxy groups -OCH3 is 1. The summed E-state index contributed by atoms with van der Waals surface area (Å²) in [7, 11) is 1.32. The van der Waals surface area contributed by atoms with Crippen molar-refractivity contribution in [3.8, 4) is 5.75 Å². The first-order valence-electron chi connectivity index (χ1n) is 7.86. The lowest BCUT2D eigenvalue weighted by molar-refractivity contribution is 0.0605. The normalized spacial score (nSPS) is 10.8. The minimum atomic E-state index is -0.442. The van der Waals surface area contributed by atoms with E-state index in [-0.39, 0.29) is 5.56 Å². The lowest BCUT2D eigenvalue weighted by Crippen LogP contribution is -2.21. The van der Waals surface area contributed by atoms with Crippen LogP contribution in [0.1, 0.15) is 21.7 Å². The third-order valence-electron chi connectivity index (χ3n) is 3.84. The maximum Gasteiger partial charge on any atom is 0.348 e. The number of benzene rings is 1. The third-order valence-corrected chi connectivity index (χ3v) is 5.02. The van der Waals surface area contributed by atoms with E-state index in [1.54, 1.807) is 11.5 Å². The SMILES string of the molecule is COC(=O)c1sc2ncn(CCCOc3ccccc3)c(=O)c2c1C. The molecule has 2 heterocycles. The summed E-state index contributed by atoms with van der Waals surface area (Å²) >= 11 is 1.18. The number of carbonyl (C=O) groups excluding carboxylic acids is 1. The van der Waals surface area contributed by atoms with E-state index in [0.717, 1.165) is 5.75 Å². The molecule has 2 aromatic heterocycles. The Morgan fingerprint density at radius 1 is 1.28 bits per heavy atom. The first-order chi connectivity index (χ1) is 12.1. The maximum absolute atomic E-state index is 12.7. The quantitative estimate of drug-likeness (QED) is 0.500. The molecule has 0 atom stereocenters. The summed E-state index contributed by atoms with van der Waals surface area (Å²) in [6.07, 6.45) is 2.19. The molecule has 3 aromatic rings. The van der Waals surface area contributed by atoms with Crippen molar-refractivity contribution in [3.63, 3.8) is 0 Å². The smallest absolute Gasteiger partial charge is 0.348 e. The lowest BCUT2D eigenvalue weighted by Gasteiger charge is -2.07. The van der Waals surface area contributed by atoms with Crippen LogP contribution in [0.15, 0.2) is 41.5 Å². The maximum atomic E-state index is 12.7. The highest BCUT2D eigenvalue weighted by Crippen LogP contribution is 2.27. The summed E-state index contributed by atoms with van der Waals surface area (Å²) in [6.45, 7) is 2.75. The highest BCUT2D eigenvalue weighted by molar-refractivity contribution is 7.20. The number of para-hydroxylation sites is 1. The van der Waals surface area contributed by atoms with Crippen molar-refractivity contribution in [2.24, 2.45) is 0 Å². The molecule has 130 valence electrons. The standard InChI is InChI=1S/C18H18N2O4S/c1-12-14-16(25-15(12)18(22)23-2)19-11-20(17(14)21)9-6-10-24-13-7-4-3-5-8-13/h3-5,7-8,11H,6,9-10H2,1-2H3. The van der Waals surface area contributed by atoms with Crippen LogP contribution in [-0.2, 0) is 11.3 Å². The highest BCUT2D eigenvalue weighted by atomic mass is 32.1. The Morgan fingerprint density at radius 3 is 2.76 bits per heavy atom. The van der Waals surface area contributed by atoms with Gasteiger partial charge in [-0.1, -0.05) is 18.2 Å². The van der Waals surface area contributed by atoms with E-state index in [4.69, 9.17) is 9.47 Å². The van der Waals surface area contributed by atoms with Gasteiger partial charge in [-0.25, -0.2) is 9.78 Å². The number of aryl methyl sites for hydroxylation is 2. The molecule has 0 N–H and O–H groups in total. The summed E-state index contributed by atoms with van der Waals surface area (Å²) in [5, 5.41) is 0.483. The number of fused-ring (bicyclic) bond motifs is 1. The van der Waals surface area contributed by atoms with Crippen LogP contribution in [0, 0.1) is 6.92 Å². The van der Waals surface area contributed by atoms with Crippen molar-refractivity contribution in [2.75, 3.05) is 13.7 Å². The Hall–Kier alpha value is -2.67. The summed E-state index contributed by atoms with van der Waals surface area (Å²) in [4.78, 5) is 29.7. The van der Waals surface area contributed by atoms with Crippen molar-refractivity contribution in [2.45, 2.75) is 19.9 Å². The first kappa shape index (κ1) is 17.2. The Morgan fingerprint density at radius 2 is 2.04 bits per heavy atom. The molecule has 0 fully saturated rings. The molecule has 1 aromatic carbocycles. The summed E-state index contributed by atoms with van der Waals surface area (Å²) < 4.78 is 11.9. The van der Waals surface area contributed by atoms with Crippen molar-refractivity contribution < 1.29 is 14.3 Å². The Bertz CT molecular complexity index is 947. The molecule has 0 spiro atoms. The van der Waals surface area contributed by atoms with Crippen LogP contribution in [0.5, 0.6) is 5.75 Å². The number of carbonyl (C=O) groups is 1. The van der Waals surface area contributed by atoms with E-state index in [9.17, 15) is 9.59 Å². The van der Waals surface area contributed by atoms with Crippen LogP contribution < -0.4 is 10.3 Å². The van der Waals surface area contributed by atoms with Gasteiger partial charge in [0, 0.05) is 6.54 Å². The molecule has 0 saturated heterocycles. The number of rotatable bonds is 6. The van der Waals surface area contributed by atoms with Gasteiger partial charge in [0.25, 0.3) is 5.56 Å². The van der Waals surface area contributed by atoms with Crippen LogP contribution in [0.25, 0.3) is 10.2 Å². The van der Waals surface area contributed by atoms with Gasteiger partial charge in [-0.3, -0.25) is 9.36 Å².